The Morgan fingerprint density at radius 3 is 2.63 bits per heavy atom. The fraction of sp³-hybridized carbons (Fsp3) is 0.250. The van der Waals surface area contributed by atoms with Crippen molar-refractivity contribution in [3.8, 4) is 11.3 Å². The third-order valence-electron chi connectivity index (χ3n) is 4.68. The molecule has 0 saturated carbocycles. The van der Waals surface area contributed by atoms with Crippen molar-refractivity contribution < 1.29 is 9.13 Å². The molecule has 1 atom stereocenters. The molecule has 6 nitrogen and oxygen atoms in total. The van der Waals surface area contributed by atoms with E-state index in [4.69, 9.17) is 9.72 Å². The number of aromatic nitrogens is 3. The molecule has 1 aliphatic heterocycles. The highest BCUT2D eigenvalue weighted by atomic mass is 19.1. The Kier molecular flexibility index (Phi) is 4.68. The highest BCUT2D eigenvalue weighted by molar-refractivity contribution is 5.59. The second kappa shape index (κ2) is 7.28. The Bertz CT molecular complexity index is 989. The summed E-state index contributed by atoms with van der Waals surface area (Å²) in [5, 5.41) is 0. The predicted octanol–water partition coefficient (Wildman–Crippen LogP) is 2.56. The number of hydrogen-bond donors (Lipinski definition) is 0. The van der Waals surface area contributed by atoms with Gasteiger partial charge in [-0.1, -0.05) is 12.1 Å². The summed E-state index contributed by atoms with van der Waals surface area (Å²) in [4.78, 5) is 23.2. The van der Waals surface area contributed by atoms with Gasteiger partial charge in [-0.15, -0.1) is 0 Å². The van der Waals surface area contributed by atoms with Crippen LogP contribution in [0.15, 0.2) is 59.7 Å². The van der Waals surface area contributed by atoms with Crippen LogP contribution >= 0.6 is 0 Å². The van der Waals surface area contributed by atoms with Gasteiger partial charge in [0.2, 0.25) is 5.95 Å². The second-order valence-electron chi connectivity index (χ2n) is 6.43. The minimum absolute atomic E-state index is 0.128. The number of anilines is 1. The molecule has 27 heavy (non-hydrogen) atoms. The van der Waals surface area contributed by atoms with E-state index in [2.05, 4.69) is 4.98 Å². The van der Waals surface area contributed by atoms with Crippen LogP contribution in [0.1, 0.15) is 11.7 Å². The first kappa shape index (κ1) is 17.4. The Morgan fingerprint density at radius 1 is 1.15 bits per heavy atom. The highest BCUT2D eigenvalue weighted by Gasteiger charge is 2.25. The van der Waals surface area contributed by atoms with Crippen LogP contribution < -0.4 is 10.5 Å². The molecule has 0 radical (unpaired) electrons. The van der Waals surface area contributed by atoms with Gasteiger partial charge in [-0.2, -0.15) is 0 Å². The van der Waals surface area contributed by atoms with Crippen molar-refractivity contribution in [2.24, 2.45) is 7.05 Å². The molecule has 1 fully saturated rings. The second-order valence-corrected chi connectivity index (χ2v) is 6.43. The van der Waals surface area contributed by atoms with E-state index in [9.17, 15) is 9.18 Å². The molecule has 1 saturated heterocycles. The summed E-state index contributed by atoms with van der Waals surface area (Å²) in [6, 6.07) is 11.5. The molecule has 1 aromatic carbocycles. The normalized spacial score (nSPS) is 17.1. The van der Waals surface area contributed by atoms with Gasteiger partial charge in [-0.3, -0.25) is 14.3 Å². The molecule has 138 valence electrons. The molecular formula is C20H19FN4O2. The van der Waals surface area contributed by atoms with Crippen molar-refractivity contribution in [3.63, 3.8) is 0 Å². The SMILES string of the molecule is Cn1c(N2CCO[C@H](c3ccc(F)cc3)C2)nc(-c2ccncc2)cc1=O. The first-order valence-electron chi connectivity index (χ1n) is 8.72. The number of nitrogens with zero attached hydrogens (tertiary/aromatic N) is 4. The van der Waals surface area contributed by atoms with Gasteiger partial charge in [0, 0.05) is 37.6 Å². The molecule has 0 aliphatic carbocycles. The Hall–Kier alpha value is -3.06. The molecule has 0 unspecified atom stereocenters. The molecule has 1 aliphatic rings. The average molecular weight is 366 g/mol. The predicted molar refractivity (Wildman–Crippen MR) is 100 cm³/mol. The van der Waals surface area contributed by atoms with E-state index in [0.717, 1.165) is 11.1 Å². The number of halogens is 1. The maximum atomic E-state index is 13.2. The lowest BCUT2D eigenvalue weighted by molar-refractivity contribution is 0.0389. The number of morpholine rings is 1. The number of rotatable bonds is 3. The van der Waals surface area contributed by atoms with Crippen molar-refractivity contribution in [2.75, 3.05) is 24.6 Å². The number of hydrogen-bond acceptors (Lipinski definition) is 5. The summed E-state index contributed by atoms with van der Waals surface area (Å²) in [5.41, 5.74) is 2.22. The zero-order chi connectivity index (χ0) is 18.8. The molecule has 2 aromatic heterocycles. The minimum Gasteiger partial charge on any atom is -0.370 e. The fourth-order valence-corrected chi connectivity index (χ4v) is 3.19. The Morgan fingerprint density at radius 2 is 1.89 bits per heavy atom. The van der Waals surface area contributed by atoms with Crippen LogP contribution in [0.2, 0.25) is 0 Å². The van der Waals surface area contributed by atoms with Crippen LogP contribution in [0.3, 0.4) is 0 Å². The smallest absolute Gasteiger partial charge is 0.255 e. The average Bonchev–Trinajstić information content (AvgIpc) is 2.71. The van der Waals surface area contributed by atoms with E-state index < -0.39 is 0 Å². The van der Waals surface area contributed by atoms with Gasteiger partial charge < -0.3 is 9.64 Å². The number of pyridine rings is 1. The standard InChI is InChI=1S/C20H19FN4O2/c1-24-19(26)12-17(14-6-8-22-9-7-14)23-20(24)25-10-11-27-18(13-25)15-2-4-16(21)5-3-15/h2-9,12,18H,10-11,13H2,1H3/t18-/m0/s1. The number of benzene rings is 1. The first-order valence-corrected chi connectivity index (χ1v) is 8.72. The van der Waals surface area contributed by atoms with Gasteiger partial charge in [-0.25, -0.2) is 9.37 Å². The molecule has 0 amide bonds. The summed E-state index contributed by atoms with van der Waals surface area (Å²) in [6.45, 7) is 1.65. The van der Waals surface area contributed by atoms with E-state index >= 15 is 0 Å². The zero-order valence-electron chi connectivity index (χ0n) is 14.9. The van der Waals surface area contributed by atoms with Crippen LogP contribution in [0.4, 0.5) is 10.3 Å². The van der Waals surface area contributed by atoms with Gasteiger partial charge in [0.15, 0.2) is 0 Å². The van der Waals surface area contributed by atoms with Crippen LogP contribution in [0.25, 0.3) is 11.3 Å². The largest absolute Gasteiger partial charge is 0.370 e. The molecular weight excluding hydrogens is 347 g/mol. The van der Waals surface area contributed by atoms with Crippen molar-refractivity contribution in [3.05, 3.63) is 76.6 Å². The summed E-state index contributed by atoms with van der Waals surface area (Å²) in [6.07, 6.45) is 3.14. The van der Waals surface area contributed by atoms with Crippen LogP contribution in [-0.4, -0.2) is 34.2 Å². The maximum absolute atomic E-state index is 13.2. The van der Waals surface area contributed by atoms with E-state index in [0.29, 0.717) is 31.3 Å². The lowest BCUT2D eigenvalue weighted by Crippen LogP contribution is -2.41. The lowest BCUT2D eigenvalue weighted by atomic mass is 10.1. The van der Waals surface area contributed by atoms with Crippen LogP contribution in [0, 0.1) is 5.82 Å². The Balaban J connectivity index is 1.67. The molecule has 0 N–H and O–H groups in total. The first-order chi connectivity index (χ1) is 13.1. The van der Waals surface area contributed by atoms with Gasteiger partial charge in [0.05, 0.1) is 18.8 Å². The summed E-state index contributed by atoms with van der Waals surface area (Å²) < 4.78 is 20.6. The lowest BCUT2D eigenvalue weighted by Gasteiger charge is -2.34. The maximum Gasteiger partial charge on any atom is 0.255 e. The third kappa shape index (κ3) is 3.59. The van der Waals surface area contributed by atoms with E-state index in [-0.39, 0.29) is 17.5 Å². The van der Waals surface area contributed by atoms with Crippen molar-refractivity contribution in [1.82, 2.24) is 14.5 Å². The van der Waals surface area contributed by atoms with Gasteiger partial charge in [0.25, 0.3) is 5.56 Å². The van der Waals surface area contributed by atoms with E-state index in [1.54, 1.807) is 31.6 Å². The quantitative estimate of drug-likeness (QED) is 0.713. The molecule has 3 heterocycles. The summed E-state index contributed by atoms with van der Waals surface area (Å²) in [7, 11) is 1.71. The molecule has 0 bridgehead atoms. The molecule has 7 heteroatoms. The topological polar surface area (TPSA) is 60.2 Å². The van der Waals surface area contributed by atoms with E-state index in [1.165, 1.54) is 22.8 Å². The molecule has 4 rings (SSSR count). The highest BCUT2D eigenvalue weighted by Crippen LogP contribution is 2.26. The van der Waals surface area contributed by atoms with Crippen molar-refractivity contribution in [1.29, 1.82) is 0 Å². The molecule has 0 spiro atoms. The summed E-state index contributed by atoms with van der Waals surface area (Å²) in [5.74, 6) is 0.310. The zero-order valence-corrected chi connectivity index (χ0v) is 14.9. The van der Waals surface area contributed by atoms with Crippen LogP contribution in [0.5, 0.6) is 0 Å². The van der Waals surface area contributed by atoms with Gasteiger partial charge in [-0.05, 0) is 29.8 Å². The monoisotopic (exact) mass is 366 g/mol. The van der Waals surface area contributed by atoms with E-state index in [1.807, 2.05) is 17.0 Å². The van der Waals surface area contributed by atoms with Gasteiger partial charge >= 0.3 is 0 Å². The van der Waals surface area contributed by atoms with Crippen molar-refractivity contribution >= 4 is 5.95 Å². The molecule has 3 aromatic rings. The Labute approximate surface area is 155 Å². The fourth-order valence-electron chi connectivity index (χ4n) is 3.19. The minimum atomic E-state index is -0.277. The van der Waals surface area contributed by atoms with Crippen molar-refractivity contribution in [2.45, 2.75) is 6.10 Å². The van der Waals surface area contributed by atoms with Gasteiger partial charge in [0.1, 0.15) is 11.9 Å². The summed E-state index contributed by atoms with van der Waals surface area (Å²) >= 11 is 0. The van der Waals surface area contributed by atoms with Crippen LogP contribution in [-0.2, 0) is 11.8 Å². The third-order valence-corrected chi connectivity index (χ3v) is 4.68. The number of ether oxygens (including phenoxy) is 1.